The molecule has 20 heavy (non-hydrogen) atoms. The molecular weight excluding hydrogens is 262 g/mol. The van der Waals surface area contributed by atoms with Crippen LogP contribution in [0.15, 0.2) is 12.1 Å². The van der Waals surface area contributed by atoms with Gasteiger partial charge in [0.25, 0.3) is 0 Å². The third kappa shape index (κ3) is 3.77. The van der Waals surface area contributed by atoms with Gasteiger partial charge >= 0.3 is 5.97 Å². The number of carboxylic acids is 1. The molecule has 0 aliphatic heterocycles. The summed E-state index contributed by atoms with van der Waals surface area (Å²) in [6.45, 7) is 2.57. The molecule has 0 bridgehead atoms. The molecule has 1 unspecified atom stereocenters. The predicted molar refractivity (Wildman–Crippen MR) is 74.8 cm³/mol. The second-order valence-electron chi connectivity index (χ2n) is 4.16. The van der Waals surface area contributed by atoms with Gasteiger partial charge in [-0.1, -0.05) is 6.92 Å². The summed E-state index contributed by atoms with van der Waals surface area (Å²) in [5.74, 6) is 0.762. The maximum Gasteiger partial charge on any atom is 0.305 e. The van der Waals surface area contributed by atoms with E-state index in [1.807, 2.05) is 6.92 Å². The Labute approximate surface area is 118 Å². The van der Waals surface area contributed by atoms with Gasteiger partial charge in [-0.3, -0.25) is 4.79 Å². The number of hydrogen-bond acceptors (Lipinski definition) is 5. The van der Waals surface area contributed by atoms with Crippen molar-refractivity contribution in [3.8, 4) is 17.2 Å². The number of ether oxygens (including phenoxy) is 3. The van der Waals surface area contributed by atoms with Crippen LogP contribution in [0.5, 0.6) is 17.2 Å². The Morgan fingerprint density at radius 1 is 1.15 bits per heavy atom. The number of carbonyl (C=O) groups is 1. The van der Waals surface area contributed by atoms with Gasteiger partial charge in [0.1, 0.15) is 5.75 Å². The molecule has 1 aromatic carbocycles. The van der Waals surface area contributed by atoms with E-state index in [1.54, 1.807) is 12.1 Å². The zero-order valence-corrected chi connectivity index (χ0v) is 12.2. The number of carboxylic acid groups (broad SMARTS) is 1. The minimum atomic E-state index is -0.882. The number of benzene rings is 1. The number of hydrogen-bond donors (Lipinski definition) is 2. The van der Waals surface area contributed by atoms with Crippen LogP contribution in [0, 0.1) is 0 Å². The Morgan fingerprint density at radius 3 is 2.15 bits per heavy atom. The molecular formula is C14H21NO5. The van der Waals surface area contributed by atoms with Gasteiger partial charge in [0, 0.05) is 17.7 Å². The first-order chi connectivity index (χ1) is 9.57. The van der Waals surface area contributed by atoms with Crippen LogP contribution in [0.3, 0.4) is 0 Å². The van der Waals surface area contributed by atoms with Crippen molar-refractivity contribution < 1.29 is 24.1 Å². The van der Waals surface area contributed by atoms with Crippen molar-refractivity contribution in [2.24, 2.45) is 0 Å². The molecule has 2 N–H and O–H groups in total. The molecule has 0 heterocycles. The van der Waals surface area contributed by atoms with E-state index in [4.69, 9.17) is 19.3 Å². The smallest absolute Gasteiger partial charge is 0.305 e. The molecule has 6 nitrogen and oxygen atoms in total. The molecule has 1 aromatic rings. The van der Waals surface area contributed by atoms with Crippen LogP contribution in [0.1, 0.15) is 24.9 Å². The monoisotopic (exact) mass is 283 g/mol. The highest BCUT2D eigenvalue weighted by molar-refractivity contribution is 5.68. The standard InChI is InChI=1S/C14H21NO5/c1-5-15-10(7-14(16)17)9-6-12(19-3)13(20-4)8-11(9)18-2/h6,8,10,15H,5,7H2,1-4H3,(H,16,17). The largest absolute Gasteiger partial charge is 0.496 e. The average Bonchev–Trinajstić information content (AvgIpc) is 2.44. The summed E-state index contributed by atoms with van der Waals surface area (Å²) in [6, 6.07) is 3.08. The molecule has 0 amide bonds. The van der Waals surface area contributed by atoms with E-state index in [1.165, 1.54) is 21.3 Å². The van der Waals surface area contributed by atoms with E-state index < -0.39 is 5.97 Å². The number of nitrogens with one attached hydrogen (secondary N) is 1. The van der Waals surface area contributed by atoms with Gasteiger partial charge in [0.15, 0.2) is 11.5 Å². The highest BCUT2D eigenvalue weighted by Crippen LogP contribution is 2.38. The van der Waals surface area contributed by atoms with Gasteiger partial charge in [-0.05, 0) is 12.6 Å². The third-order valence-corrected chi connectivity index (χ3v) is 2.94. The van der Waals surface area contributed by atoms with Crippen LogP contribution in [0.4, 0.5) is 0 Å². The van der Waals surface area contributed by atoms with E-state index >= 15 is 0 Å². The van der Waals surface area contributed by atoms with Gasteiger partial charge in [-0.25, -0.2) is 0 Å². The fraction of sp³-hybridized carbons (Fsp3) is 0.500. The minimum absolute atomic E-state index is 0.0420. The van der Waals surface area contributed by atoms with Crippen LogP contribution in [-0.2, 0) is 4.79 Å². The van der Waals surface area contributed by atoms with E-state index in [0.717, 1.165) is 5.56 Å². The van der Waals surface area contributed by atoms with Gasteiger partial charge in [0.05, 0.1) is 27.8 Å². The summed E-state index contributed by atoms with van der Waals surface area (Å²) in [6.07, 6.45) is -0.0420. The molecule has 0 saturated heterocycles. The number of rotatable bonds is 8. The quantitative estimate of drug-likeness (QED) is 0.758. The second kappa shape index (κ2) is 7.59. The van der Waals surface area contributed by atoms with Crippen molar-refractivity contribution >= 4 is 5.97 Å². The lowest BCUT2D eigenvalue weighted by Gasteiger charge is -2.21. The Kier molecular flexibility index (Phi) is 6.11. The lowest BCUT2D eigenvalue weighted by molar-refractivity contribution is -0.137. The first kappa shape index (κ1) is 16.1. The maximum atomic E-state index is 11.0. The Balaban J connectivity index is 3.27. The van der Waals surface area contributed by atoms with Crippen molar-refractivity contribution in [2.75, 3.05) is 27.9 Å². The zero-order chi connectivity index (χ0) is 15.1. The van der Waals surface area contributed by atoms with Gasteiger partial charge in [-0.2, -0.15) is 0 Å². The first-order valence-electron chi connectivity index (χ1n) is 6.32. The molecule has 112 valence electrons. The molecule has 1 atom stereocenters. The molecule has 0 fully saturated rings. The molecule has 0 aliphatic carbocycles. The summed E-state index contributed by atoms with van der Waals surface area (Å²) >= 11 is 0. The van der Waals surface area contributed by atoms with Crippen molar-refractivity contribution in [3.05, 3.63) is 17.7 Å². The van der Waals surface area contributed by atoms with Gasteiger partial charge in [0.2, 0.25) is 0 Å². The van der Waals surface area contributed by atoms with Crippen molar-refractivity contribution in [1.29, 1.82) is 0 Å². The normalized spacial score (nSPS) is 11.8. The summed E-state index contributed by atoms with van der Waals surface area (Å²) in [4.78, 5) is 11.0. The van der Waals surface area contributed by atoms with Crippen LogP contribution >= 0.6 is 0 Å². The van der Waals surface area contributed by atoms with Crippen molar-refractivity contribution in [2.45, 2.75) is 19.4 Å². The van der Waals surface area contributed by atoms with Crippen LogP contribution < -0.4 is 19.5 Å². The minimum Gasteiger partial charge on any atom is -0.496 e. The van der Waals surface area contributed by atoms with Crippen molar-refractivity contribution in [1.82, 2.24) is 5.32 Å². The van der Waals surface area contributed by atoms with Gasteiger partial charge < -0.3 is 24.6 Å². The predicted octanol–water partition coefficient (Wildman–Crippen LogP) is 1.84. The first-order valence-corrected chi connectivity index (χ1v) is 6.32. The topological polar surface area (TPSA) is 77.0 Å². The Morgan fingerprint density at radius 2 is 1.70 bits per heavy atom. The van der Waals surface area contributed by atoms with E-state index in [2.05, 4.69) is 5.32 Å². The van der Waals surface area contributed by atoms with Crippen LogP contribution in [-0.4, -0.2) is 38.9 Å². The van der Waals surface area contributed by atoms with E-state index in [9.17, 15) is 4.79 Å². The second-order valence-corrected chi connectivity index (χ2v) is 4.16. The molecule has 6 heteroatoms. The lowest BCUT2D eigenvalue weighted by Crippen LogP contribution is -2.24. The third-order valence-electron chi connectivity index (χ3n) is 2.94. The lowest BCUT2D eigenvalue weighted by atomic mass is 10.0. The van der Waals surface area contributed by atoms with Crippen LogP contribution in [0.25, 0.3) is 0 Å². The van der Waals surface area contributed by atoms with Gasteiger partial charge in [-0.15, -0.1) is 0 Å². The van der Waals surface area contributed by atoms with E-state index in [0.29, 0.717) is 23.8 Å². The fourth-order valence-corrected chi connectivity index (χ4v) is 2.04. The Hall–Kier alpha value is -1.95. The summed E-state index contributed by atoms with van der Waals surface area (Å²) in [7, 11) is 4.61. The van der Waals surface area contributed by atoms with E-state index in [-0.39, 0.29) is 12.5 Å². The molecule has 0 radical (unpaired) electrons. The van der Waals surface area contributed by atoms with Crippen molar-refractivity contribution in [3.63, 3.8) is 0 Å². The summed E-state index contributed by atoms with van der Waals surface area (Å²) in [5, 5.41) is 12.2. The molecule has 0 spiro atoms. The molecule has 0 saturated carbocycles. The summed E-state index contributed by atoms with van der Waals surface area (Å²) in [5.41, 5.74) is 0.731. The average molecular weight is 283 g/mol. The number of methoxy groups -OCH3 is 3. The highest BCUT2D eigenvalue weighted by Gasteiger charge is 2.21. The Bertz CT molecular complexity index is 461. The molecule has 1 rings (SSSR count). The fourth-order valence-electron chi connectivity index (χ4n) is 2.04. The SMILES string of the molecule is CCNC(CC(=O)O)c1cc(OC)c(OC)cc1OC. The maximum absolute atomic E-state index is 11.0. The number of aliphatic carboxylic acids is 1. The molecule has 0 aromatic heterocycles. The van der Waals surface area contributed by atoms with Crippen LogP contribution in [0.2, 0.25) is 0 Å². The molecule has 0 aliphatic rings. The highest BCUT2D eigenvalue weighted by atomic mass is 16.5. The zero-order valence-electron chi connectivity index (χ0n) is 12.2. The summed E-state index contributed by atoms with van der Waals surface area (Å²) < 4.78 is 15.8.